The Morgan fingerprint density at radius 1 is 0.705 bits per heavy atom. The Morgan fingerprint density at radius 3 is 1.61 bits per heavy atom. The minimum atomic E-state index is -0.481. The molecule has 0 aromatic heterocycles. The summed E-state index contributed by atoms with van der Waals surface area (Å²) in [6, 6.07) is 15.1. The highest BCUT2D eigenvalue weighted by Crippen LogP contribution is 2.42. The van der Waals surface area contributed by atoms with Crippen LogP contribution in [0.1, 0.15) is 98.5 Å². The van der Waals surface area contributed by atoms with Gasteiger partial charge in [0, 0.05) is 41.1 Å². The first kappa shape index (κ1) is 49.4. The summed E-state index contributed by atoms with van der Waals surface area (Å²) in [5, 5.41) is 29.6. The van der Waals surface area contributed by atoms with Crippen LogP contribution in [0.4, 0.5) is 34.1 Å². The number of hydrogen-bond acceptors (Lipinski definition) is 13. The molecule has 14 heteroatoms. The van der Waals surface area contributed by atoms with Crippen LogP contribution in [-0.2, 0) is 19.1 Å². The van der Waals surface area contributed by atoms with Crippen molar-refractivity contribution in [3.8, 4) is 11.5 Å². The van der Waals surface area contributed by atoms with Crippen LogP contribution in [0.15, 0.2) is 99.4 Å². The van der Waals surface area contributed by atoms with Gasteiger partial charge in [0.1, 0.15) is 36.1 Å². The zero-order valence-corrected chi connectivity index (χ0v) is 37.1. The molecule has 0 fully saturated rings. The number of azo groups is 2. The van der Waals surface area contributed by atoms with Gasteiger partial charge in [0.25, 0.3) is 5.69 Å². The molecule has 0 aliphatic heterocycles. The van der Waals surface area contributed by atoms with E-state index < -0.39 is 16.9 Å². The Bertz CT molecular complexity index is 1950. The fraction of sp³-hybridized carbons (Fsp3) is 0.489. The maximum absolute atomic E-state index is 12.1. The highest BCUT2D eigenvalue weighted by Gasteiger charge is 2.18. The molecule has 0 heterocycles. The van der Waals surface area contributed by atoms with Gasteiger partial charge < -0.3 is 23.8 Å². The van der Waals surface area contributed by atoms with E-state index in [1.165, 1.54) is 12.1 Å². The van der Waals surface area contributed by atoms with E-state index >= 15 is 0 Å². The molecule has 0 radical (unpaired) electrons. The summed E-state index contributed by atoms with van der Waals surface area (Å²) in [5.74, 6) is 0.637. The predicted molar refractivity (Wildman–Crippen MR) is 240 cm³/mol. The number of ether oxygens (including phenoxy) is 4. The normalized spacial score (nSPS) is 12.2. The lowest BCUT2D eigenvalue weighted by molar-refractivity contribution is -0.384. The van der Waals surface area contributed by atoms with Crippen molar-refractivity contribution in [2.45, 2.75) is 99.8 Å². The fourth-order valence-corrected chi connectivity index (χ4v) is 6.06. The maximum atomic E-state index is 12.1. The van der Waals surface area contributed by atoms with E-state index in [0.717, 1.165) is 62.6 Å². The van der Waals surface area contributed by atoms with Crippen LogP contribution in [0.5, 0.6) is 11.5 Å². The van der Waals surface area contributed by atoms with Gasteiger partial charge in [0.15, 0.2) is 0 Å². The first-order valence-electron chi connectivity index (χ1n) is 21.3. The van der Waals surface area contributed by atoms with Crippen LogP contribution in [0.25, 0.3) is 0 Å². The standard InChI is InChI=1S/C47H64N6O8/c1-10-14-16-36(12-3)31-60-44-30-43(45(61-32-37(13-4)17-15-11-2)29-42(44)50-48-38-18-20-39(21-19-38)53(56)57)51-49-41-23-22-40(28-35(41)9)52(24-26-58-46(54)33(5)6)25-27-59-47(55)34(7)8/h18-23,28-30,36-37H,5,7,10-17,24-27,31-32H2,1-4,6,8-9H3. The first-order valence-corrected chi connectivity index (χ1v) is 21.3. The molecule has 0 N–H and O–H groups in total. The van der Waals surface area contributed by atoms with Gasteiger partial charge in [0.2, 0.25) is 0 Å². The number of nitrogens with zero attached hydrogens (tertiary/aromatic N) is 6. The lowest BCUT2D eigenvalue weighted by atomic mass is 10.0. The second-order valence-corrected chi connectivity index (χ2v) is 15.2. The quantitative estimate of drug-likeness (QED) is 0.0227. The Balaban J connectivity index is 2.05. The summed E-state index contributed by atoms with van der Waals surface area (Å²) in [6.45, 7) is 22.9. The summed E-state index contributed by atoms with van der Waals surface area (Å²) in [5.41, 5.74) is 4.15. The average molecular weight is 841 g/mol. The Hall–Kier alpha value is -5.92. The van der Waals surface area contributed by atoms with Gasteiger partial charge in [-0.05, 0) is 81.3 Å². The van der Waals surface area contributed by atoms with Crippen LogP contribution < -0.4 is 14.4 Å². The summed E-state index contributed by atoms with van der Waals surface area (Å²) < 4.78 is 23.7. The monoisotopic (exact) mass is 840 g/mol. The summed E-state index contributed by atoms with van der Waals surface area (Å²) in [7, 11) is 0. The summed E-state index contributed by atoms with van der Waals surface area (Å²) in [6.07, 6.45) is 8.34. The molecular formula is C47H64N6O8. The molecule has 0 saturated carbocycles. The van der Waals surface area contributed by atoms with Gasteiger partial charge in [0.05, 0.1) is 42.6 Å². The molecule has 3 aromatic carbocycles. The topological polar surface area (TPSA) is 167 Å². The molecule has 0 aliphatic carbocycles. The molecule has 61 heavy (non-hydrogen) atoms. The third-order valence-electron chi connectivity index (χ3n) is 10.1. The summed E-state index contributed by atoms with van der Waals surface area (Å²) in [4.78, 5) is 36.9. The third-order valence-corrected chi connectivity index (χ3v) is 10.1. The van der Waals surface area contributed by atoms with Crippen molar-refractivity contribution >= 4 is 46.1 Å². The molecule has 0 bridgehead atoms. The molecule has 3 aromatic rings. The third kappa shape index (κ3) is 16.9. The maximum Gasteiger partial charge on any atom is 0.333 e. The molecule has 3 rings (SSSR count). The number of carbonyl (C=O) groups excluding carboxylic acids is 2. The molecule has 330 valence electrons. The molecule has 2 atom stereocenters. The fourth-order valence-electron chi connectivity index (χ4n) is 6.06. The van der Waals surface area contributed by atoms with Crippen LogP contribution >= 0.6 is 0 Å². The molecule has 0 saturated heterocycles. The highest BCUT2D eigenvalue weighted by atomic mass is 16.6. The smallest absolute Gasteiger partial charge is 0.333 e. The highest BCUT2D eigenvalue weighted by molar-refractivity contribution is 5.87. The number of benzene rings is 3. The van der Waals surface area contributed by atoms with Gasteiger partial charge in [-0.1, -0.05) is 79.4 Å². The SMILES string of the molecule is C=C(C)C(=O)OCCN(CCOC(=O)C(=C)C)c1ccc(N=Nc2cc(OCC(CC)CCCC)c(N=Nc3ccc([N+](=O)[O-])cc3)cc2OCC(CC)CCCC)c(C)c1. The number of rotatable bonds is 28. The average Bonchev–Trinajstić information content (AvgIpc) is 3.25. The number of nitro groups is 1. The molecular weight excluding hydrogens is 777 g/mol. The number of non-ortho nitro benzene ring substituents is 1. The van der Waals surface area contributed by atoms with Crippen molar-refractivity contribution in [2.24, 2.45) is 32.3 Å². The molecule has 0 spiro atoms. The van der Waals surface area contributed by atoms with Crippen LogP contribution in [0, 0.1) is 28.9 Å². The number of hydrogen-bond donors (Lipinski definition) is 0. The van der Waals surface area contributed by atoms with Gasteiger partial charge in [-0.25, -0.2) is 9.59 Å². The number of carbonyl (C=O) groups is 2. The van der Waals surface area contributed by atoms with Crippen molar-refractivity contribution in [1.82, 2.24) is 0 Å². The van der Waals surface area contributed by atoms with Gasteiger partial charge in [-0.3, -0.25) is 10.1 Å². The molecule has 14 nitrogen and oxygen atoms in total. The number of unbranched alkanes of at least 4 members (excludes halogenated alkanes) is 2. The minimum absolute atomic E-state index is 0.0370. The zero-order chi connectivity index (χ0) is 44.7. The lowest BCUT2D eigenvalue weighted by Gasteiger charge is -2.25. The van der Waals surface area contributed by atoms with Crippen molar-refractivity contribution in [3.05, 3.63) is 94.6 Å². The van der Waals surface area contributed by atoms with Crippen LogP contribution in [0.3, 0.4) is 0 Å². The molecule has 2 unspecified atom stereocenters. The first-order chi connectivity index (χ1) is 29.3. The predicted octanol–water partition coefficient (Wildman–Crippen LogP) is 13.0. The van der Waals surface area contributed by atoms with Gasteiger partial charge in [-0.15, -0.1) is 10.2 Å². The Labute approximate surface area is 361 Å². The summed E-state index contributed by atoms with van der Waals surface area (Å²) >= 11 is 0. The van der Waals surface area contributed by atoms with Crippen molar-refractivity contribution in [1.29, 1.82) is 0 Å². The second-order valence-electron chi connectivity index (χ2n) is 15.2. The number of aryl methyl sites for hydroxylation is 1. The van der Waals surface area contributed by atoms with Crippen LogP contribution in [-0.4, -0.2) is 56.4 Å². The molecule has 0 amide bonds. The van der Waals surface area contributed by atoms with E-state index in [0.29, 0.717) is 83.5 Å². The zero-order valence-electron chi connectivity index (χ0n) is 37.1. The van der Waals surface area contributed by atoms with Crippen LogP contribution in [0.2, 0.25) is 0 Å². The number of esters is 2. The van der Waals surface area contributed by atoms with E-state index in [-0.39, 0.29) is 18.9 Å². The molecule has 0 aliphatic rings. The Morgan fingerprint density at radius 2 is 1.18 bits per heavy atom. The van der Waals surface area contributed by atoms with Gasteiger partial charge >= 0.3 is 11.9 Å². The second kappa shape index (κ2) is 26.3. The van der Waals surface area contributed by atoms with E-state index in [2.05, 4.69) is 56.2 Å². The minimum Gasteiger partial charge on any atom is -0.491 e. The number of nitro benzene ring substituents is 1. The van der Waals surface area contributed by atoms with Crippen molar-refractivity contribution in [3.63, 3.8) is 0 Å². The van der Waals surface area contributed by atoms with Crippen molar-refractivity contribution in [2.75, 3.05) is 44.4 Å². The lowest BCUT2D eigenvalue weighted by Crippen LogP contribution is -2.32. The van der Waals surface area contributed by atoms with Gasteiger partial charge in [-0.2, -0.15) is 10.2 Å². The van der Waals surface area contributed by atoms with E-state index in [1.807, 2.05) is 30.0 Å². The number of anilines is 1. The van der Waals surface area contributed by atoms with E-state index in [4.69, 9.17) is 24.1 Å². The van der Waals surface area contributed by atoms with Crippen molar-refractivity contribution < 1.29 is 33.5 Å². The van der Waals surface area contributed by atoms with E-state index in [1.54, 1.807) is 38.1 Å². The largest absolute Gasteiger partial charge is 0.491 e. The Kier molecular flexibility index (Phi) is 21.3. The van der Waals surface area contributed by atoms with E-state index in [9.17, 15) is 19.7 Å².